The third-order valence-corrected chi connectivity index (χ3v) is 5.12. The molecule has 2 atom stereocenters. The Balaban J connectivity index is 4.35. The van der Waals surface area contributed by atoms with Crippen molar-refractivity contribution in [3.8, 4) is 0 Å². The summed E-state index contributed by atoms with van der Waals surface area (Å²) in [6.07, 6.45) is 15.8. The third-order valence-electron chi connectivity index (χ3n) is 5.12. The Morgan fingerprint density at radius 1 is 0.786 bits per heavy atom. The first-order valence-electron chi connectivity index (χ1n) is 11.7. The minimum absolute atomic E-state index is 0.0689. The molecule has 0 rings (SSSR count). The summed E-state index contributed by atoms with van der Waals surface area (Å²) in [7, 11) is 0. The zero-order valence-electron chi connectivity index (χ0n) is 18.6. The number of carboxylic acid groups (broad SMARTS) is 1. The van der Waals surface area contributed by atoms with Crippen LogP contribution in [0.4, 0.5) is 0 Å². The Kier molecular flexibility index (Phi) is 18.5. The number of ether oxygens (including phenoxy) is 1. The quantitative estimate of drug-likeness (QED) is 0.198. The Morgan fingerprint density at radius 3 is 1.79 bits per heavy atom. The fourth-order valence-electron chi connectivity index (χ4n) is 3.36. The molecule has 0 aliphatic rings. The van der Waals surface area contributed by atoms with E-state index in [-0.39, 0.29) is 18.5 Å². The van der Waals surface area contributed by atoms with E-state index in [1.165, 1.54) is 51.4 Å². The van der Waals surface area contributed by atoms with Gasteiger partial charge in [0.25, 0.3) is 0 Å². The van der Waals surface area contributed by atoms with Crippen molar-refractivity contribution in [2.24, 2.45) is 0 Å². The van der Waals surface area contributed by atoms with Crippen LogP contribution in [-0.2, 0) is 14.3 Å². The minimum Gasteiger partial charge on any atom is -0.480 e. The van der Waals surface area contributed by atoms with Crippen LogP contribution in [-0.4, -0.2) is 35.7 Å². The van der Waals surface area contributed by atoms with Gasteiger partial charge in [-0.15, -0.1) is 0 Å². The van der Waals surface area contributed by atoms with E-state index < -0.39 is 12.0 Å². The SMILES string of the molecule is CCCCCCCCCC(CCCCCC)OC(=O)CC(NCCC)C(=O)O. The van der Waals surface area contributed by atoms with Crippen LogP contribution in [0.2, 0.25) is 0 Å². The second-order valence-corrected chi connectivity index (χ2v) is 7.92. The predicted molar refractivity (Wildman–Crippen MR) is 116 cm³/mol. The van der Waals surface area contributed by atoms with Crippen LogP contribution in [0.15, 0.2) is 0 Å². The molecule has 0 saturated carbocycles. The zero-order chi connectivity index (χ0) is 21.0. The molecule has 0 heterocycles. The maximum absolute atomic E-state index is 12.3. The molecule has 0 radical (unpaired) electrons. The zero-order valence-corrected chi connectivity index (χ0v) is 18.6. The molecule has 0 aliphatic carbocycles. The van der Waals surface area contributed by atoms with Crippen molar-refractivity contribution < 1.29 is 19.4 Å². The van der Waals surface area contributed by atoms with Crippen LogP contribution < -0.4 is 5.32 Å². The van der Waals surface area contributed by atoms with Gasteiger partial charge in [0.15, 0.2) is 0 Å². The smallest absolute Gasteiger partial charge is 0.321 e. The number of carbonyl (C=O) groups is 2. The van der Waals surface area contributed by atoms with E-state index in [1.54, 1.807) is 0 Å². The molecular weight excluding hydrogens is 354 g/mol. The molecule has 0 aromatic heterocycles. The van der Waals surface area contributed by atoms with Crippen LogP contribution in [0.5, 0.6) is 0 Å². The second kappa shape index (κ2) is 19.2. The van der Waals surface area contributed by atoms with Crippen molar-refractivity contribution in [3.05, 3.63) is 0 Å². The van der Waals surface area contributed by atoms with Gasteiger partial charge < -0.3 is 15.2 Å². The highest BCUT2D eigenvalue weighted by Gasteiger charge is 2.23. The fraction of sp³-hybridized carbons (Fsp3) is 0.913. The third kappa shape index (κ3) is 15.9. The summed E-state index contributed by atoms with van der Waals surface area (Å²) < 4.78 is 5.69. The summed E-state index contributed by atoms with van der Waals surface area (Å²) in [6.45, 7) is 6.97. The van der Waals surface area contributed by atoms with Gasteiger partial charge in [-0.25, -0.2) is 0 Å². The first-order chi connectivity index (χ1) is 13.5. The summed E-state index contributed by atoms with van der Waals surface area (Å²) in [5, 5.41) is 12.2. The normalized spacial score (nSPS) is 13.2. The van der Waals surface area contributed by atoms with E-state index in [1.807, 2.05) is 6.92 Å². The van der Waals surface area contributed by atoms with Crippen LogP contribution >= 0.6 is 0 Å². The lowest BCUT2D eigenvalue weighted by Crippen LogP contribution is -2.39. The van der Waals surface area contributed by atoms with Gasteiger partial charge in [-0.1, -0.05) is 78.6 Å². The van der Waals surface area contributed by atoms with Crippen molar-refractivity contribution >= 4 is 11.9 Å². The summed E-state index contributed by atoms with van der Waals surface area (Å²) in [6, 6.07) is -0.855. The van der Waals surface area contributed by atoms with Crippen molar-refractivity contribution in [1.29, 1.82) is 0 Å². The Hall–Kier alpha value is -1.10. The first-order valence-corrected chi connectivity index (χ1v) is 11.7. The number of carboxylic acids is 1. The van der Waals surface area contributed by atoms with Crippen LogP contribution in [0.3, 0.4) is 0 Å². The van der Waals surface area contributed by atoms with Crippen LogP contribution in [0.1, 0.15) is 117 Å². The maximum Gasteiger partial charge on any atom is 0.321 e. The van der Waals surface area contributed by atoms with Gasteiger partial charge in [0.2, 0.25) is 0 Å². The number of rotatable bonds is 20. The summed E-state index contributed by atoms with van der Waals surface area (Å²) >= 11 is 0. The molecule has 0 aliphatic heterocycles. The number of esters is 1. The maximum atomic E-state index is 12.3. The number of aliphatic carboxylic acids is 1. The van der Waals surface area contributed by atoms with Gasteiger partial charge in [-0.3, -0.25) is 9.59 Å². The van der Waals surface area contributed by atoms with Gasteiger partial charge in [-0.05, 0) is 38.6 Å². The molecule has 0 bridgehead atoms. The molecule has 2 unspecified atom stereocenters. The molecular formula is C23H45NO4. The van der Waals surface area contributed by atoms with Crippen LogP contribution in [0, 0.1) is 0 Å². The van der Waals surface area contributed by atoms with E-state index in [2.05, 4.69) is 19.2 Å². The molecule has 0 aromatic carbocycles. The number of hydrogen-bond donors (Lipinski definition) is 2. The van der Waals surface area contributed by atoms with Crippen LogP contribution in [0.25, 0.3) is 0 Å². The van der Waals surface area contributed by atoms with E-state index in [4.69, 9.17) is 4.74 Å². The van der Waals surface area contributed by atoms with Crippen molar-refractivity contribution in [3.63, 3.8) is 0 Å². The number of nitrogens with one attached hydrogen (secondary N) is 1. The van der Waals surface area contributed by atoms with E-state index >= 15 is 0 Å². The number of carbonyl (C=O) groups excluding carboxylic acids is 1. The standard InChI is InChI=1S/C23H45NO4/c1-4-7-9-11-12-13-15-17-20(16-14-10-8-5-2)28-22(25)19-21(23(26)27)24-18-6-3/h20-21,24H,4-19H2,1-3H3,(H,26,27). The molecule has 28 heavy (non-hydrogen) atoms. The molecule has 0 amide bonds. The van der Waals surface area contributed by atoms with Gasteiger partial charge in [-0.2, -0.15) is 0 Å². The van der Waals surface area contributed by atoms with Gasteiger partial charge in [0, 0.05) is 0 Å². The minimum atomic E-state index is -0.989. The predicted octanol–water partition coefficient (Wildman–Crippen LogP) is 5.85. The van der Waals surface area contributed by atoms with E-state index in [0.29, 0.717) is 6.54 Å². The largest absolute Gasteiger partial charge is 0.480 e. The highest BCUT2D eigenvalue weighted by Crippen LogP contribution is 2.17. The molecule has 5 nitrogen and oxygen atoms in total. The van der Waals surface area contributed by atoms with Gasteiger partial charge >= 0.3 is 11.9 Å². The fourth-order valence-corrected chi connectivity index (χ4v) is 3.36. The molecule has 0 fully saturated rings. The molecule has 0 spiro atoms. The molecule has 2 N–H and O–H groups in total. The topological polar surface area (TPSA) is 75.6 Å². The highest BCUT2D eigenvalue weighted by molar-refractivity contribution is 5.81. The highest BCUT2D eigenvalue weighted by atomic mass is 16.5. The second-order valence-electron chi connectivity index (χ2n) is 7.92. The lowest BCUT2D eigenvalue weighted by atomic mass is 10.0. The average molecular weight is 400 g/mol. The summed E-state index contributed by atoms with van der Waals surface area (Å²) in [4.78, 5) is 23.6. The van der Waals surface area contributed by atoms with Gasteiger partial charge in [0.1, 0.15) is 12.1 Å². The summed E-state index contributed by atoms with van der Waals surface area (Å²) in [5.41, 5.74) is 0. The molecule has 5 heteroatoms. The Morgan fingerprint density at radius 2 is 1.29 bits per heavy atom. The van der Waals surface area contributed by atoms with Gasteiger partial charge in [0.05, 0.1) is 6.42 Å². The number of unbranched alkanes of at least 4 members (excludes halogenated alkanes) is 9. The monoisotopic (exact) mass is 399 g/mol. The average Bonchev–Trinajstić information content (AvgIpc) is 2.67. The number of hydrogen-bond acceptors (Lipinski definition) is 4. The van der Waals surface area contributed by atoms with E-state index in [0.717, 1.165) is 38.5 Å². The lowest BCUT2D eigenvalue weighted by molar-refractivity contribution is -0.154. The molecule has 0 aromatic rings. The van der Waals surface area contributed by atoms with Crippen molar-refractivity contribution in [2.75, 3.05) is 6.54 Å². The summed E-state index contributed by atoms with van der Waals surface area (Å²) in [5.74, 6) is -1.38. The Labute approximate surface area is 173 Å². The lowest BCUT2D eigenvalue weighted by Gasteiger charge is -2.20. The van der Waals surface area contributed by atoms with E-state index in [9.17, 15) is 14.7 Å². The molecule has 0 saturated heterocycles. The van der Waals surface area contributed by atoms with Crippen molar-refractivity contribution in [2.45, 2.75) is 129 Å². The Bertz CT molecular complexity index is 387. The first kappa shape index (κ1) is 26.9. The molecule has 166 valence electrons. The van der Waals surface area contributed by atoms with Crippen molar-refractivity contribution in [1.82, 2.24) is 5.32 Å².